The smallest absolute Gasteiger partial charge is 0.306 e. The van der Waals surface area contributed by atoms with E-state index >= 15 is 0 Å². The Morgan fingerprint density at radius 1 is 1.09 bits per heavy atom. The molecule has 5 rings (SSSR count). The molecule has 4 heterocycles. The Bertz CT molecular complexity index is 1530. The highest BCUT2D eigenvalue weighted by molar-refractivity contribution is 6.74. The van der Waals surface area contributed by atoms with E-state index in [1.165, 1.54) is 13.3 Å². The van der Waals surface area contributed by atoms with E-state index in [0.717, 1.165) is 17.4 Å². The van der Waals surface area contributed by atoms with E-state index in [1.807, 2.05) is 29.0 Å². The lowest BCUT2D eigenvalue weighted by Crippen LogP contribution is -2.50. The molecule has 4 atom stereocenters. The lowest BCUT2D eigenvalue weighted by atomic mass is 10.1. The fourth-order valence-electron chi connectivity index (χ4n) is 5.55. The number of nitrogens with zero attached hydrogens (tertiary/aromatic N) is 4. The molecule has 44 heavy (non-hydrogen) atoms. The SMILES string of the molecule is CC(=O)CCC(=O)O[C@H]1[C@@H](O[Si](C)(C)C(C)(C)C)[C@H](n2cc3c4c(ncnc42)N(C(=O)c2ccccc2)CCC3)O[C@@H]1CO. The van der Waals surface area contributed by atoms with Crippen LogP contribution in [0.3, 0.4) is 0 Å². The number of anilines is 1. The summed E-state index contributed by atoms with van der Waals surface area (Å²) < 4.78 is 21.1. The van der Waals surface area contributed by atoms with Crippen molar-refractivity contribution in [2.24, 2.45) is 0 Å². The standard InChI is InChI=1S/C32H42N4O7Si/c1-20(38)14-15-24(39)42-26-23(18-37)41-31(27(26)43-44(5,6)32(2,3)4)36-17-22-13-10-16-35(28-25(22)29(36)34-19-33-28)30(40)21-11-8-7-9-12-21/h7-9,11-12,17,19,23,26-27,31,37H,10,13-16,18H2,1-6H3/t23-,26-,27-,31-/m1/s1. The first-order valence-electron chi connectivity index (χ1n) is 15.2. The topological polar surface area (TPSA) is 133 Å². The van der Waals surface area contributed by atoms with E-state index in [1.54, 1.807) is 17.0 Å². The highest BCUT2D eigenvalue weighted by atomic mass is 28.4. The van der Waals surface area contributed by atoms with Crippen molar-refractivity contribution in [2.45, 2.75) is 96.1 Å². The number of aliphatic hydroxyl groups excluding tert-OH is 1. The minimum atomic E-state index is -2.46. The van der Waals surface area contributed by atoms with Crippen molar-refractivity contribution in [3.63, 3.8) is 0 Å². The third kappa shape index (κ3) is 6.21. The van der Waals surface area contributed by atoms with Crippen molar-refractivity contribution in [1.29, 1.82) is 0 Å². The first-order chi connectivity index (χ1) is 20.8. The molecule has 3 aromatic rings. The Hall–Kier alpha value is -3.45. The summed E-state index contributed by atoms with van der Waals surface area (Å²) in [6.45, 7) is 12.1. The maximum absolute atomic E-state index is 13.6. The molecule has 0 radical (unpaired) electrons. The van der Waals surface area contributed by atoms with E-state index < -0.39 is 45.4 Å². The number of hydrogen-bond donors (Lipinski definition) is 1. The van der Waals surface area contributed by atoms with Crippen LogP contribution in [0, 0.1) is 0 Å². The fourth-order valence-corrected chi connectivity index (χ4v) is 6.84. The summed E-state index contributed by atoms with van der Waals surface area (Å²) in [5.41, 5.74) is 2.10. The predicted octanol–water partition coefficient (Wildman–Crippen LogP) is 4.59. The lowest BCUT2D eigenvalue weighted by molar-refractivity contribution is -0.156. The summed E-state index contributed by atoms with van der Waals surface area (Å²) in [5.74, 6) is -0.275. The van der Waals surface area contributed by atoms with Gasteiger partial charge in [0.1, 0.15) is 35.8 Å². The van der Waals surface area contributed by atoms with Crippen LogP contribution in [-0.2, 0) is 29.9 Å². The van der Waals surface area contributed by atoms with Crippen LogP contribution in [0.5, 0.6) is 0 Å². The number of hydrogen-bond acceptors (Lipinski definition) is 9. The van der Waals surface area contributed by atoms with Gasteiger partial charge in [-0.1, -0.05) is 39.0 Å². The van der Waals surface area contributed by atoms with Gasteiger partial charge in [0.05, 0.1) is 18.4 Å². The number of esters is 1. The zero-order chi connectivity index (χ0) is 31.8. The minimum Gasteiger partial charge on any atom is -0.457 e. The van der Waals surface area contributed by atoms with Crippen molar-refractivity contribution in [3.05, 3.63) is 54.0 Å². The second kappa shape index (κ2) is 12.5. The molecule has 0 bridgehead atoms. The zero-order valence-corrected chi connectivity index (χ0v) is 27.3. The Morgan fingerprint density at radius 2 is 1.82 bits per heavy atom. The van der Waals surface area contributed by atoms with Crippen LogP contribution >= 0.6 is 0 Å². The zero-order valence-electron chi connectivity index (χ0n) is 26.3. The summed E-state index contributed by atoms with van der Waals surface area (Å²) in [6.07, 6.45) is 1.49. The lowest BCUT2D eigenvalue weighted by Gasteiger charge is -2.40. The average Bonchev–Trinajstić information content (AvgIpc) is 3.44. The molecule has 0 spiro atoms. The molecular weight excluding hydrogens is 580 g/mol. The van der Waals surface area contributed by atoms with Gasteiger partial charge in [-0.3, -0.25) is 14.5 Å². The molecule has 2 aliphatic rings. The minimum absolute atomic E-state index is 0.0664. The van der Waals surface area contributed by atoms with E-state index in [4.69, 9.17) is 13.9 Å². The Balaban J connectivity index is 1.58. The number of Topliss-reactive ketones (excluding diaryl/α,β-unsaturated/α-hetero) is 1. The van der Waals surface area contributed by atoms with Crippen LogP contribution in [-0.4, -0.2) is 77.1 Å². The number of ether oxygens (including phenoxy) is 2. The maximum Gasteiger partial charge on any atom is 0.306 e. The number of carbonyl (C=O) groups excluding carboxylic acids is 3. The summed E-state index contributed by atoms with van der Waals surface area (Å²) in [4.78, 5) is 48.9. The molecule has 0 aliphatic carbocycles. The van der Waals surface area contributed by atoms with Crippen molar-refractivity contribution in [1.82, 2.24) is 14.5 Å². The molecule has 1 fully saturated rings. The number of carbonyl (C=O) groups is 3. The number of aryl methyl sites for hydroxylation is 1. The van der Waals surface area contributed by atoms with Crippen molar-refractivity contribution >= 4 is 42.8 Å². The predicted molar refractivity (Wildman–Crippen MR) is 167 cm³/mol. The van der Waals surface area contributed by atoms with E-state index in [0.29, 0.717) is 30.0 Å². The van der Waals surface area contributed by atoms with Gasteiger partial charge < -0.3 is 28.4 Å². The van der Waals surface area contributed by atoms with Gasteiger partial charge in [-0.05, 0) is 55.6 Å². The largest absolute Gasteiger partial charge is 0.457 e. The third-order valence-corrected chi connectivity index (χ3v) is 13.4. The first-order valence-corrected chi connectivity index (χ1v) is 18.1. The highest BCUT2D eigenvalue weighted by Gasteiger charge is 2.53. The van der Waals surface area contributed by atoms with Crippen LogP contribution in [0.1, 0.15) is 69.1 Å². The van der Waals surface area contributed by atoms with Gasteiger partial charge in [-0.15, -0.1) is 0 Å². The molecule has 1 saturated heterocycles. The molecule has 2 aromatic heterocycles. The third-order valence-electron chi connectivity index (χ3n) is 8.94. The van der Waals surface area contributed by atoms with Crippen molar-refractivity contribution in [3.8, 4) is 0 Å². The van der Waals surface area contributed by atoms with Crippen molar-refractivity contribution in [2.75, 3.05) is 18.1 Å². The van der Waals surface area contributed by atoms with E-state index in [9.17, 15) is 19.5 Å². The van der Waals surface area contributed by atoms with E-state index in [-0.39, 0.29) is 29.6 Å². The van der Waals surface area contributed by atoms with Crippen LogP contribution in [0.15, 0.2) is 42.9 Å². The molecule has 0 saturated carbocycles. The number of amides is 1. The Kier molecular flexibility index (Phi) is 9.08. The summed E-state index contributed by atoms with van der Waals surface area (Å²) in [5, 5.41) is 11.0. The van der Waals surface area contributed by atoms with Crippen LogP contribution in [0.25, 0.3) is 11.0 Å². The van der Waals surface area contributed by atoms with Gasteiger partial charge >= 0.3 is 5.97 Å². The second-order valence-electron chi connectivity index (χ2n) is 13.1. The van der Waals surface area contributed by atoms with Crippen LogP contribution in [0.2, 0.25) is 18.1 Å². The molecule has 1 amide bonds. The number of aliphatic hydroxyl groups is 1. The van der Waals surface area contributed by atoms with Gasteiger partial charge in [0.2, 0.25) is 0 Å². The molecule has 1 N–H and O–H groups in total. The number of aromatic nitrogens is 3. The Morgan fingerprint density at radius 3 is 2.48 bits per heavy atom. The summed E-state index contributed by atoms with van der Waals surface area (Å²) in [6, 6.07) is 9.13. The normalized spacial score (nSPS) is 22.2. The van der Waals surface area contributed by atoms with Crippen molar-refractivity contribution < 1.29 is 33.4 Å². The van der Waals surface area contributed by atoms with Gasteiger partial charge in [0.15, 0.2) is 20.6 Å². The second-order valence-corrected chi connectivity index (χ2v) is 17.9. The fraction of sp³-hybridized carbons (Fsp3) is 0.531. The summed E-state index contributed by atoms with van der Waals surface area (Å²) in [7, 11) is -2.46. The Labute approximate surface area is 258 Å². The average molecular weight is 623 g/mol. The number of ketones is 1. The molecule has 0 unspecified atom stereocenters. The molecular formula is C32H42N4O7Si. The van der Waals surface area contributed by atoms with E-state index in [2.05, 4.69) is 43.8 Å². The molecule has 2 aliphatic heterocycles. The monoisotopic (exact) mass is 622 g/mol. The highest BCUT2D eigenvalue weighted by Crippen LogP contribution is 2.44. The van der Waals surface area contributed by atoms with Gasteiger partial charge in [0.25, 0.3) is 5.91 Å². The maximum atomic E-state index is 13.6. The van der Waals surface area contributed by atoms with Gasteiger partial charge in [-0.25, -0.2) is 9.97 Å². The molecule has 11 nitrogen and oxygen atoms in total. The molecule has 1 aromatic carbocycles. The first kappa shape index (κ1) is 32.0. The number of rotatable bonds is 9. The molecule has 12 heteroatoms. The van der Waals surface area contributed by atoms with Gasteiger partial charge in [0, 0.05) is 24.7 Å². The summed E-state index contributed by atoms with van der Waals surface area (Å²) >= 11 is 0. The molecule has 236 valence electrons. The van der Waals surface area contributed by atoms with Crippen LogP contribution < -0.4 is 4.90 Å². The van der Waals surface area contributed by atoms with Crippen LogP contribution in [0.4, 0.5) is 5.82 Å². The quantitative estimate of drug-likeness (QED) is 0.269. The number of benzene rings is 1. The van der Waals surface area contributed by atoms with Gasteiger partial charge in [-0.2, -0.15) is 0 Å².